The number of nitrogens with one attached hydrogen (secondary N) is 2. The first kappa shape index (κ1) is 19.7. The number of quaternary nitrogens is 1. The fourth-order valence-corrected chi connectivity index (χ4v) is 4.49. The van der Waals surface area contributed by atoms with Gasteiger partial charge in [0.05, 0.1) is 19.2 Å². The Hall–Kier alpha value is -2.63. The fourth-order valence-electron chi connectivity index (χ4n) is 3.69. The maximum Gasteiger partial charge on any atom is 0.275 e. The lowest BCUT2D eigenvalue weighted by molar-refractivity contribution is -0.917. The van der Waals surface area contributed by atoms with Crippen LogP contribution < -0.4 is 15.0 Å². The van der Waals surface area contributed by atoms with Crippen molar-refractivity contribution >= 4 is 17.2 Å². The summed E-state index contributed by atoms with van der Waals surface area (Å²) < 4.78 is 5.25. The first-order chi connectivity index (χ1) is 14.2. The van der Waals surface area contributed by atoms with Crippen LogP contribution in [0.2, 0.25) is 0 Å². The SMILES string of the molecule is COc1ccc(C[NH+](CC(=O)N[C@H](c2ccccc2)c2cccs2)C2CC2)cc1. The molecule has 1 saturated carbocycles. The second-order valence-electron chi connectivity index (χ2n) is 7.56. The second-order valence-corrected chi connectivity index (χ2v) is 8.54. The van der Waals surface area contributed by atoms with Crippen molar-refractivity contribution in [2.75, 3.05) is 13.7 Å². The highest BCUT2D eigenvalue weighted by Gasteiger charge is 2.35. The van der Waals surface area contributed by atoms with Crippen molar-refractivity contribution in [1.82, 2.24) is 5.32 Å². The van der Waals surface area contributed by atoms with Crippen LogP contribution in [0.5, 0.6) is 5.75 Å². The van der Waals surface area contributed by atoms with Crippen LogP contribution in [0, 0.1) is 0 Å². The lowest BCUT2D eigenvalue weighted by atomic mass is 10.1. The van der Waals surface area contributed by atoms with E-state index in [1.54, 1.807) is 18.4 Å². The minimum absolute atomic E-state index is 0.0925. The second kappa shape index (κ2) is 9.25. The predicted octanol–water partition coefficient (Wildman–Crippen LogP) is 3.21. The van der Waals surface area contributed by atoms with Crippen molar-refractivity contribution in [3.05, 3.63) is 88.1 Å². The van der Waals surface area contributed by atoms with E-state index in [0.717, 1.165) is 22.7 Å². The van der Waals surface area contributed by atoms with Crippen LogP contribution in [0.1, 0.15) is 34.9 Å². The number of amides is 1. The molecule has 1 fully saturated rings. The molecule has 0 aliphatic heterocycles. The third-order valence-corrected chi connectivity index (χ3v) is 6.34. The molecule has 2 aromatic carbocycles. The molecule has 0 radical (unpaired) electrons. The van der Waals surface area contributed by atoms with Crippen LogP contribution in [-0.2, 0) is 11.3 Å². The van der Waals surface area contributed by atoms with Crippen LogP contribution in [0.4, 0.5) is 0 Å². The molecule has 1 heterocycles. The van der Waals surface area contributed by atoms with Gasteiger partial charge in [-0.05, 0) is 41.3 Å². The third kappa shape index (κ3) is 5.25. The Balaban J connectivity index is 1.44. The zero-order valence-electron chi connectivity index (χ0n) is 16.6. The Kier molecular flexibility index (Phi) is 6.27. The number of methoxy groups -OCH3 is 1. The first-order valence-electron chi connectivity index (χ1n) is 10.1. The van der Waals surface area contributed by atoms with Crippen LogP contribution in [0.15, 0.2) is 72.1 Å². The van der Waals surface area contributed by atoms with E-state index in [0.29, 0.717) is 12.6 Å². The number of ether oxygens (including phenoxy) is 1. The van der Waals surface area contributed by atoms with E-state index in [4.69, 9.17) is 4.74 Å². The highest BCUT2D eigenvalue weighted by atomic mass is 32.1. The van der Waals surface area contributed by atoms with Crippen LogP contribution >= 0.6 is 11.3 Å². The number of carbonyl (C=O) groups excluding carboxylic acids is 1. The summed E-state index contributed by atoms with van der Waals surface area (Å²) in [7, 11) is 1.68. The van der Waals surface area contributed by atoms with Gasteiger partial charge < -0.3 is 15.0 Å². The topological polar surface area (TPSA) is 42.8 Å². The molecule has 0 spiro atoms. The van der Waals surface area contributed by atoms with Crippen LogP contribution in [-0.4, -0.2) is 25.6 Å². The van der Waals surface area contributed by atoms with E-state index >= 15 is 0 Å². The standard InChI is InChI=1S/C24H26N2O2S/c1-28-21-13-9-18(10-14-21)16-26(20-11-12-20)17-23(27)25-24(22-8-5-15-29-22)19-6-3-2-4-7-19/h2-10,13-15,20,24H,11-12,16-17H2,1H3,(H,25,27)/p+1/t24-/m1/s1. The number of benzene rings is 2. The highest BCUT2D eigenvalue weighted by molar-refractivity contribution is 7.10. The average molecular weight is 408 g/mol. The molecule has 4 rings (SSSR count). The number of hydrogen-bond acceptors (Lipinski definition) is 3. The minimum atomic E-state index is -0.0925. The van der Waals surface area contributed by atoms with Gasteiger partial charge >= 0.3 is 0 Å². The predicted molar refractivity (Wildman–Crippen MR) is 116 cm³/mol. The molecule has 0 saturated heterocycles. The molecule has 5 heteroatoms. The molecular weight excluding hydrogens is 380 g/mol. The summed E-state index contributed by atoms with van der Waals surface area (Å²) >= 11 is 1.68. The number of rotatable bonds is 9. The molecule has 1 aromatic heterocycles. The average Bonchev–Trinajstić information content (AvgIpc) is 3.47. The summed E-state index contributed by atoms with van der Waals surface area (Å²) in [6.45, 7) is 1.35. The molecule has 2 N–H and O–H groups in total. The summed E-state index contributed by atoms with van der Waals surface area (Å²) in [4.78, 5) is 15.5. The summed E-state index contributed by atoms with van der Waals surface area (Å²) in [5.74, 6) is 0.962. The van der Waals surface area contributed by atoms with Gasteiger partial charge in [0.25, 0.3) is 5.91 Å². The zero-order chi connectivity index (χ0) is 20.1. The maximum absolute atomic E-state index is 13.0. The van der Waals surface area contributed by atoms with Gasteiger partial charge in [-0.15, -0.1) is 11.3 Å². The van der Waals surface area contributed by atoms with E-state index in [9.17, 15) is 4.79 Å². The van der Waals surface area contributed by atoms with E-state index in [1.807, 2.05) is 36.4 Å². The largest absolute Gasteiger partial charge is 0.497 e. The quantitative estimate of drug-likeness (QED) is 0.572. The number of thiophene rings is 1. The highest BCUT2D eigenvalue weighted by Crippen LogP contribution is 2.25. The van der Waals surface area contributed by atoms with Gasteiger partial charge in [-0.2, -0.15) is 0 Å². The number of carbonyl (C=O) groups is 1. The number of hydrogen-bond donors (Lipinski definition) is 2. The van der Waals surface area contributed by atoms with Crippen molar-refractivity contribution in [1.29, 1.82) is 0 Å². The lowest BCUT2D eigenvalue weighted by Gasteiger charge is -2.22. The third-order valence-electron chi connectivity index (χ3n) is 5.40. The van der Waals surface area contributed by atoms with Gasteiger partial charge in [-0.1, -0.05) is 36.4 Å². The van der Waals surface area contributed by atoms with Crippen LogP contribution in [0.3, 0.4) is 0 Å². The molecule has 0 bridgehead atoms. The minimum Gasteiger partial charge on any atom is -0.497 e. The Labute approximate surface area is 176 Å². The van der Waals surface area contributed by atoms with Gasteiger partial charge in [0, 0.05) is 23.3 Å². The normalized spacial score (nSPS) is 15.5. The van der Waals surface area contributed by atoms with E-state index in [2.05, 4.69) is 41.0 Å². The molecule has 1 unspecified atom stereocenters. The van der Waals surface area contributed by atoms with Gasteiger partial charge in [-0.3, -0.25) is 4.79 Å². The molecule has 2 atom stereocenters. The monoisotopic (exact) mass is 407 g/mol. The van der Waals surface area contributed by atoms with Crippen LogP contribution in [0.25, 0.3) is 0 Å². The van der Waals surface area contributed by atoms with Crippen molar-refractivity contribution in [2.24, 2.45) is 0 Å². The van der Waals surface area contributed by atoms with E-state index in [-0.39, 0.29) is 11.9 Å². The van der Waals surface area contributed by atoms with Crippen molar-refractivity contribution in [2.45, 2.75) is 31.5 Å². The van der Waals surface area contributed by atoms with Gasteiger partial charge in [0.1, 0.15) is 12.3 Å². The summed E-state index contributed by atoms with van der Waals surface area (Å²) in [5.41, 5.74) is 2.35. The summed E-state index contributed by atoms with van der Waals surface area (Å²) in [5, 5.41) is 5.34. The molecule has 1 aliphatic rings. The molecular formula is C24H27N2O2S+. The summed E-state index contributed by atoms with van der Waals surface area (Å²) in [6.07, 6.45) is 2.40. The molecule has 29 heavy (non-hydrogen) atoms. The molecule has 4 nitrogen and oxygen atoms in total. The van der Waals surface area contributed by atoms with Gasteiger partial charge in [0.2, 0.25) is 0 Å². The molecule has 1 amide bonds. The fraction of sp³-hybridized carbons (Fsp3) is 0.292. The maximum atomic E-state index is 13.0. The van der Waals surface area contributed by atoms with E-state index < -0.39 is 0 Å². The Morgan fingerprint density at radius 1 is 1.10 bits per heavy atom. The molecule has 150 valence electrons. The first-order valence-corrected chi connectivity index (χ1v) is 11.0. The molecule has 3 aromatic rings. The van der Waals surface area contributed by atoms with E-state index in [1.165, 1.54) is 23.3 Å². The Bertz CT molecular complexity index is 906. The van der Waals surface area contributed by atoms with Gasteiger partial charge in [0.15, 0.2) is 6.54 Å². The molecule has 1 aliphatic carbocycles. The smallest absolute Gasteiger partial charge is 0.275 e. The Morgan fingerprint density at radius 3 is 2.48 bits per heavy atom. The van der Waals surface area contributed by atoms with Crippen molar-refractivity contribution in [3.63, 3.8) is 0 Å². The van der Waals surface area contributed by atoms with Crippen molar-refractivity contribution < 1.29 is 14.4 Å². The zero-order valence-corrected chi connectivity index (χ0v) is 17.5. The lowest BCUT2D eigenvalue weighted by Crippen LogP contribution is -3.13. The Morgan fingerprint density at radius 2 is 1.86 bits per heavy atom. The van der Waals surface area contributed by atoms with Crippen molar-refractivity contribution in [3.8, 4) is 5.75 Å². The van der Waals surface area contributed by atoms with Gasteiger partial charge in [-0.25, -0.2) is 0 Å². The summed E-state index contributed by atoms with van der Waals surface area (Å²) in [6, 6.07) is 23.0.